The average Bonchev–Trinajstić information content (AvgIpc) is 2.79. The van der Waals surface area contributed by atoms with Crippen LogP contribution in [0.1, 0.15) is 53.6 Å². The number of benzene rings is 1. The van der Waals surface area contributed by atoms with Crippen LogP contribution >= 0.6 is 0 Å². The number of carboxylic acids is 1. The Labute approximate surface area is 218 Å². The molecule has 2 aromatic rings. The third-order valence-corrected chi connectivity index (χ3v) is 9.09. The van der Waals surface area contributed by atoms with Gasteiger partial charge in [-0.25, -0.2) is 13.4 Å². The lowest BCUT2D eigenvalue weighted by atomic mass is 9.72. The number of sulfonamides is 1. The monoisotopic (exact) mass is 528 g/mol. The molecule has 1 saturated carbocycles. The number of carboxylic acid groups (broad SMARTS) is 1. The highest BCUT2D eigenvalue weighted by molar-refractivity contribution is 7.89. The lowest BCUT2D eigenvalue weighted by molar-refractivity contribution is -0.139. The molecule has 1 aliphatic heterocycles. The Morgan fingerprint density at radius 3 is 2.54 bits per heavy atom. The fraction of sp³-hybridized carbons (Fsp3) is 0.519. The van der Waals surface area contributed by atoms with E-state index in [2.05, 4.69) is 27.5 Å². The highest BCUT2D eigenvalue weighted by Gasteiger charge is 2.35. The van der Waals surface area contributed by atoms with Gasteiger partial charge in [-0.1, -0.05) is 23.8 Å². The maximum atomic E-state index is 13.0. The van der Waals surface area contributed by atoms with E-state index < -0.39 is 22.0 Å². The summed E-state index contributed by atoms with van der Waals surface area (Å²) in [6, 6.07) is 6.25. The number of hydrogen-bond donors (Lipinski definition) is 4. The molecule has 2 heterocycles. The van der Waals surface area contributed by atoms with Crippen LogP contribution in [0.3, 0.4) is 0 Å². The van der Waals surface area contributed by atoms with Crippen molar-refractivity contribution in [1.29, 1.82) is 0 Å². The van der Waals surface area contributed by atoms with Crippen LogP contribution in [-0.2, 0) is 32.5 Å². The first kappa shape index (κ1) is 27.1. The number of anilines is 1. The number of carbonyl (C=O) groups is 2. The van der Waals surface area contributed by atoms with Gasteiger partial charge in [-0.3, -0.25) is 9.59 Å². The number of pyridine rings is 1. The normalized spacial score (nSPS) is 19.8. The molecule has 0 saturated heterocycles. The Morgan fingerprint density at radius 2 is 1.86 bits per heavy atom. The van der Waals surface area contributed by atoms with Crippen molar-refractivity contribution < 1.29 is 23.1 Å². The lowest BCUT2D eigenvalue weighted by Gasteiger charge is -2.34. The second-order valence-corrected chi connectivity index (χ2v) is 12.0. The van der Waals surface area contributed by atoms with Gasteiger partial charge < -0.3 is 15.7 Å². The van der Waals surface area contributed by atoms with Crippen molar-refractivity contribution in [3.05, 3.63) is 52.2 Å². The van der Waals surface area contributed by atoms with Crippen LogP contribution in [0.2, 0.25) is 0 Å². The Kier molecular flexibility index (Phi) is 8.18. The summed E-state index contributed by atoms with van der Waals surface area (Å²) in [7, 11) is -4.08. The van der Waals surface area contributed by atoms with E-state index in [0.717, 1.165) is 62.1 Å². The topological polar surface area (TPSA) is 137 Å². The van der Waals surface area contributed by atoms with Crippen LogP contribution in [0.15, 0.2) is 29.2 Å². The van der Waals surface area contributed by atoms with Gasteiger partial charge in [0.25, 0.3) is 0 Å². The fourth-order valence-corrected chi connectivity index (χ4v) is 7.05. The molecule has 1 aromatic carbocycles. The number of hydrogen-bond acceptors (Lipinski definition) is 6. The molecule has 1 atom stereocenters. The van der Waals surface area contributed by atoms with Gasteiger partial charge in [0, 0.05) is 24.7 Å². The smallest absolute Gasteiger partial charge is 0.323 e. The van der Waals surface area contributed by atoms with Gasteiger partial charge in [0.1, 0.15) is 11.9 Å². The number of aliphatic carboxylic acids is 1. The largest absolute Gasteiger partial charge is 0.480 e. The summed E-state index contributed by atoms with van der Waals surface area (Å²) in [5.41, 5.74) is 4.32. The van der Waals surface area contributed by atoms with Crippen molar-refractivity contribution in [3.8, 4) is 0 Å². The molecule has 0 radical (unpaired) electrons. The third-order valence-electron chi connectivity index (χ3n) is 7.32. The van der Waals surface area contributed by atoms with Gasteiger partial charge in [0.05, 0.1) is 4.90 Å². The molecule has 0 spiro atoms. The number of aryl methyl sites for hydroxylation is 5. The van der Waals surface area contributed by atoms with Crippen molar-refractivity contribution in [2.45, 2.75) is 70.2 Å². The van der Waals surface area contributed by atoms with E-state index in [1.165, 1.54) is 5.56 Å². The zero-order valence-electron chi connectivity index (χ0n) is 21.6. The van der Waals surface area contributed by atoms with Gasteiger partial charge in [-0.15, -0.1) is 0 Å². The second kappa shape index (κ2) is 11.2. The van der Waals surface area contributed by atoms with Crippen LogP contribution < -0.4 is 15.4 Å². The van der Waals surface area contributed by atoms with Gasteiger partial charge in [0.15, 0.2) is 0 Å². The number of nitrogens with zero attached hydrogens (tertiary/aromatic N) is 1. The van der Waals surface area contributed by atoms with Gasteiger partial charge in [-0.05, 0) is 88.0 Å². The van der Waals surface area contributed by atoms with Gasteiger partial charge >= 0.3 is 5.97 Å². The minimum Gasteiger partial charge on any atom is -0.480 e. The highest BCUT2D eigenvalue weighted by Crippen LogP contribution is 2.37. The van der Waals surface area contributed by atoms with Crippen molar-refractivity contribution in [2.75, 3.05) is 18.4 Å². The van der Waals surface area contributed by atoms with Crippen LogP contribution in [0.25, 0.3) is 0 Å². The van der Waals surface area contributed by atoms with Crippen LogP contribution in [0.4, 0.5) is 5.82 Å². The summed E-state index contributed by atoms with van der Waals surface area (Å²) in [5.74, 6) is -0.352. The summed E-state index contributed by atoms with van der Waals surface area (Å²) in [6.07, 6.45) is 5.46. The second-order valence-electron chi connectivity index (χ2n) is 10.4. The molecule has 4 N–H and O–H groups in total. The summed E-state index contributed by atoms with van der Waals surface area (Å²) in [6.45, 7) is 5.87. The first-order valence-electron chi connectivity index (χ1n) is 12.9. The first-order chi connectivity index (χ1) is 17.5. The maximum Gasteiger partial charge on any atom is 0.323 e. The molecular weight excluding hydrogens is 492 g/mol. The van der Waals surface area contributed by atoms with Gasteiger partial charge in [0.2, 0.25) is 15.9 Å². The third kappa shape index (κ3) is 6.48. The van der Waals surface area contributed by atoms with E-state index in [1.807, 2.05) is 6.92 Å². The van der Waals surface area contributed by atoms with Crippen LogP contribution in [0.5, 0.6) is 0 Å². The number of carbonyl (C=O) groups excluding carboxylic acids is 1. The summed E-state index contributed by atoms with van der Waals surface area (Å²) < 4.78 is 28.2. The van der Waals surface area contributed by atoms with E-state index in [0.29, 0.717) is 17.0 Å². The highest BCUT2D eigenvalue weighted by atomic mass is 32.2. The Bertz CT molecular complexity index is 1260. The van der Waals surface area contributed by atoms with Crippen molar-refractivity contribution in [3.63, 3.8) is 0 Å². The lowest BCUT2D eigenvalue weighted by Crippen LogP contribution is -2.50. The molecule has 1 aromatic heterocycles. The predicted molar refractivity (Wildman–Crippen MR) is 141 cm³/mol. The van der Waals surface area contributed by atoms with E-state index >= 15 is 0 Å². The molecule has 10 heteroatoms. The summed E-state index contributed by atoms with van der Waals surface area (Å²) in [4.78, 5) is 29.2. The molecule has 1 aliphatic carbocycles. The minimum absolute atomic E-state index is 0.0710. The molecule has 1 fully saturated rings. The maximum absolute atomic E-state index is 13.0. The molecule has 37 heavy (non-hydrogen) atoms. The predicted octanol–water partition coefficient (Wildman–Crippen LogP) is 2.87. The summed E-state index contributed by atoms with van der Waals surface area (Å²) >= 11 is 0. The first-order valence-corrected chi connectivity index (χ1v) is 14.3. The number of fused-ring (bicyclic) bond motifs is 1. The van der Waals surface area contributed by atoms with E-state index in [9.17, 15) is 23.1 Å². The SMILES string of the molecule is Cc1cc(C)c(S(=O)(=O)N[C@@H](CNC(=O)[C@H]2C[C@@H](CCc3ccc4c(n3)NCCC4)C2)C(=O)O)c(C)c1. The fourth-order valence-electron chi connectivity index (χ4n) is 5.41. The van der Waals surface area contributed by atoms with Crippen LogP contribution in [-0.4, -0.2) is 49.5 Å². The summed E-state index contributed by atoms with van der Waals surface area (Å²) in [5, 5.41) is 15.6. The number of amides is 1. The average molecular weight is 529 g/mol. The van der Waals surface area contributed by atoms with Crippen molar-refractivity contribution >= 4 is 27.7 Å². The van der Waals surface area contributed by atoms with E-state index in [4.69, 9.17) is 4.98 Å². The molecular formula is C27H36N4O5S. The Balaban J connectivity index is 1.25. The number of nitrogens with one attached hydrogen (secondary N) is 3. The molecule has 1 amide bonds. The quantitative estimate of drug-likeness (QED) is 0.372. The Hall–Kier alpha value is -2.98. The van der Waals surface area contributed by atoms with E-state index in [1.54, 1.807) is 26.0 Å². The van der Waals surface area contributed by atoms with Crippen molar-refractivity contribution in [1.82, 2.24) is 15.0 Å². The minimum atomic E-state index is -4.08. The van der Waals surface area contributed by atoms with E-state index in [-0.39, 0.29) is 23.3 Å². The molecule has 2 aliphatic rings. The standard InChI is InChI=1S/C27H36N4O5S/c1-16-11-17(2)24(18(3)12-16)37(35,36)31-23(27(33)34)15-29-26(32)21-13-19(14-21)6-8-22-9-7-20-5-4-10-28-25(20)30-22/h7,9,11-12,19,21,23,31H,4-6,8,10,13-15H2,1-3H3,(H,28,30)(H,29,32)(H,33,34)/t19-,21+,23-/m0/s1. The molecule has 4 rings (SSSR count). The molecule has 200 valence electrons. The van der Waals surface area contributed by atoms with Gasteiger partial charge in [-0.2, -0.15) is 4.72 Å². The number of aromatic nitrogens is 1. The van der Waals surface area contributed by atoms with Crippen molar-refractivity contribution in [2.24, 2.45) is 11.8 Å². The molecule has 0 bridgehead atoms. The zero-order valence-corrected chi connectivity index (χ0v) is 22.5. The molecule has 0 unspecified atom stereocenters. The number of rotatable bonds is 10. The zero-order chi connectivity index (χ0) is 26.7. The van der Waals surface area contributed by atoms with Crippen LogP contribution in [0, 0.1) is 32.6 Å². The molecule has 9 nitrogen and oxygen atoms in total. The Morgan fingerprint density at radius 1 is 1.16 bits per heavy atom.